The lowest BCUT2D eigenvalue weighted by atomic mass is 10.1. The van der Waals surface area contributed by atoms with Crippen LogP contribution in [-0.2, 0) is 9.47 Å². The van der Waals surface area contributed by atoms with Gasteiger partial charge in [0.15, 0.2) is 0 Å². The molecule has 0 saturated carbocycles. The molecule has 0 aromatic carbocycles. The molecule has 0 aromatic heterocycles. The lowest BCUT2D eigenvalue weighted by Gasteiger charge is -2.31. The van der Waals surface area contributed by atoms with E-state index in [0.29, 0.717) is 19.8 Å². The van der Waals surface area contributed by atoms with Crippen molar-refractivity contribution in [1.82, 2.24) is 4.90 Å². The van der Waals surface area contributed by atoms with E-state index in [2.05, 4.69) is 4.90 Å². The third kappa shape index (κ3) is 9.50. The SMILES string of the molecule is CCOCCN(CCOCC)CC(C)(N)CO. The van der Waals surface area contributed by atoms with Gasteiger partial charge in [-0.15, -0.1) is 0 Å². The summed E-state index contributed by atoms with van der Waals surface area (Å²) in [5.74, 6) is 0. The minimum atomic E-state index is -0.571. The number of nitrogens with zero attached hydrogens (tertiary/aromatic N) is 1. The summed E-state index contributed by atoms with van der Waals surface area (Å²) in [6.07, 6.45) is 0. The zero-order chi connectivity index (χ0) is 13.1. The second-order valence-electron chi connectivity index (χ2n) is 4.48. The summed E-state index contributed by atoms with van der Waals surface area (Å²) in [4.78, 5) is 2.17. The van der Waals surface area contributed by atoms with Gasteiger partial charge in [0, 0.05) is 38.4 Å². The highest BCUT2D eigenvalue weighted by Gasteiger charge is 2.21. The van der Waals surface area contributed by atoms with Crippen molar-refractivity contribution in [3.8, 4) is 0 Å². The maximum atomic E-state index is 9.17. The van der Waals surface area contributed by atoms with E-state index in [1.807, 2.05) is 20.8 Å². The van der Waals surface area contributed by atoms with Gasteiger partial charge in [-0.25, -0.2) is 0 Å². The maximum Gasteiger partial charge on any atom is 0.0621 e. The summed E-state index contributed by atoms with van der Waals surface area (Å²) < 4.78 is 10.7. The summed E-state index contributed by atoms with van der Waals surface area (Å²) in [5, 5.41) is 9.17. The molecule has 1 atom stereocenters. The van der Waals surface area contributed by atoms with Crippen LogP contribution in [0.1, 0.15) is 20.8 Å². The maximum absolute atomic E-state index is 9.17. The van der Waals surface area contributed by atoms with Crippen LogP contribution in [0.25, 0.3) is 0 Å². The second-order valence-corrected chi connectivity index (χ2v) is 4.48. The Labute approximate surface area is 105 Å². The van der Waals surface area contributed by atoms with Gasteiger partial charge in [0.1, 0.15) is 0 Å². The van der Waals surface area contributed by atoms with E-state index in [1.165, 1.54) is 0 Å². The molecule has 0 radical (unpaired) electrons. The molecule has 0 aliphatic carbocycles. The first kappa shape index (κ1) is 16.8. The van der Waals surface area contributed by atoms with Gasteiger partial charge in [0.05, 0.1) is 19.8 Å². The Hall–Kier alpha value is -0.200. The van der Waals surface area contributed by atoms with Crippen molar-refractivity contribution in [3.05, 3.63) is 0 Å². The van der Waals surface area contributed by atoms with E-state index < -0.39 is 5.54 Å². The topological polar surface area (TPSA) is 68.0 Å². The molecule has 0 aliphatic heterocycles. The fraction of sp³-hybridized carbons (Fsp3) is 1.00. The number of ether oxygens (including phenoxy) is 2. The van der Waals surface area contributed by atoms with E-state index >= 15 is 0 Å². The second kappa shape index (κ2) is 9.79. The number of aliphatic hydroxyl groups excluding tert-OH is 1. The van der Waals surface area contributed by atoms with Crippen molar-refractivity contribution in [2.24, 2.45) is 5.73 Å². The quantitative estimate of drug-likeness (QED) is 0.507. The molecule has 0 rings (SSSR count). The van der Waals surface area contributed by atoms with E-state index in [9.17, 15) is 5.11 Å². The third-order valence-electron chi connectivity index (χ3n) is 2.46. The lowest BCUT2D eigenvalue weighted by molar-refractivity contribution is 0.0651. The van der Waals surface area contributed by atoms with Crippen LogP contribution in [0.2, 0.25) is 0 Å². The molecule has 104 valence electrons. The zero-order valence-electron chi connectivity index (χ0n) is 11.4. The summed E-state index contributed by atoms with van der Waals surface area (Å²) >= 11 is 0. The van der Waals surface area contributed by atoms with Gasteiger partial charge in [-0.2, -0.15) is 0 Å². The van der Waals surface area contributed by atoms with E-state index in [4.69, 9.17) is 15.2 Å². The molecule has 0 heterocycles. The molecule has 0 saturated heterocycles. The molecule has 0 fully saturated rings. The molecule has 5 nitrogen and oxygen atoms in total. The molecule has 1 unspecified atom stereocenters. The van der Waals surface area contributed by atoms with Gasteiger partial charge < -0.3 is 20.3 Å². The molecule has 0 amide bonds. The molecule has 0 bridgehead atoms. The van der Waals surface area contributed by atoms with Crippen molar-refractivity contribution in [2.45, 2.75) is 26.3 Å². The predicted octanol–water partition coefficient (Wildman–Crippen LogP) is 0.0711. The third-order valence-corrected chi connectivity index (χ3v) is 2.46. The normalized spacial score (nSPS) is 15.2. The number of hydrogen-bond donors (Lipinski definition) is 2. The molecule has 0 aromatic rings. The first-order valence-corrected chi connectivity index (χ1v) is 6.33. The highest BCUT2D eigenvalue weighted by Crippen LogP contribution is 2.02. The first-order chi connectivity index (χ1) is 8.05. The Bertz CT molecular complexity index is 167. The summed E-state index contributed by atoms with van der Waals surface area (Å²) in [6, 6.07) is 0. The molecule has 0 aliphatic rings. The molecule has 5 heteroatoms. The Morgan fingerprint density at radius 1 is 1.12 bits per heavy atom. The zero-order valence-corrected chi connectivity index (χ0v) is 11.4. The molecule has 0 spiro atoms. The Morgan fingerprint density at radius 2 is 1.59 bits per heavy atom. The number of nitrogens with two attached hydrogens (primary N) is 1. The summed E-state index contributed by atoms with van der Waals surface area (Å²) in [7, 11) is 0. The monoisotopic (exact) mass is 248 g/mol. The van der Waals surface area contributed by atoms with E-state index in [-0.39, 0.29) is 6.61 Å². The average Bonchev–Trinajstić information content (AvgIpc) is 2.29. The average molecular weight is 248 g/mol. The molecule has 3 N–H and O–H groups in total. The van der Waals surface area contributed by atoms with Crippen LogP contribution in [0.4, 0.5) is 0 Å². The van der Waals surface area contributed by atoms with E-state index in [1.54, 1.807) is 0 Å². The smallest absolute Gasteiger partial charge is 0.0621 e. The molecular formula is C12H28N2O3. The van der Waals surface area contributed by atoms with Gasteiger partial charge in [-0.1, -0.05) is 0 Å². The Morgan fingerprint density at radius 3 is 1.94 bits per heavy atom. The van der Waals surface area contributed by atoms with Crippen LogP contribution in [0, 0.1) is 0 Å². The van der Waals surface area contributed by atoms with Gasteiger partial charge in [-0.05, 0) is 20.8 Å². The van der Waals surface area contributed by atoms with Gasteiger partial charge in [-0.3, -0.25) is 4.90 Å². The highest BCUT2D eigenvalue weighted by molar-refractivity contribution is 4.81. The minimum absolute atomic E-state index is 0.0211. The lowest BCUT2D eigenvalue weighted by Crippen LogP contribution is -2.51. The number of hydrogen-bond acceptors (Lipinski definition) is 5. The Balaban J connectivity index is 4.00. The van der Waals surface area contributed by atoms with Crippen molar-refractivity contribution >= 4 is 0 Å². The van der Waals surface area contributed by atoms with E-state index in [0.717, 1.165) is 26.3 Å². The fourth-order valence-corrected chi connectivity index (χ4v) is 1.51. The van der Waals surface area contributed by atoms with Crippen LogP contribution in [0.3, 0.4) is 0 Å². The van der Waals surface area contributed by atoms with Crippen LogP contribution < -0.4 is 5.73 Å². The van der Waals surface area contributed by atoms with Gasteiger partial charge >= 0.3 is 0 Å². The molecular weight excluding hydrogens is 220 g/mol. The minimum Gasteiger partial charge on any atom is -0.394 e. The predicted molar refractivity (Wildman–Crippen MR) is 69.1 cm³/mol. The van der Waals surface area contributed by atoms with Gasteiger partial charge in [0.25, 0.3) is 0 Å². The van der Waals surface area contributed by atoms with Crippen molar-refractivity contribution < 1.29 is 14.6 Å². The summed E-state index contributed by atoms with van der Waals surface area (Å²) in [6.45, 7) is 10.9. The highest BCUT2D eigenvalue weighted by atomic mass is 16.5. The van der Waals surface area contributed by atoms with Crippen molar-refractivity contribution in [1.29, 1.82) is 0 Å². The van der Waals surface area contributed by atoms with Crippen LogP contribution in [-0.4, -0.2) is 68.2 Å². The number of rotatable bonds is 11. The Kier molecular flexibility index (Phi) is 9.68. The van der Waals surface area contributed by atoms with Crippen molar-refractivity contribution in [3.63, 3.8) is 0 Å². The van der Waals surface area contributed by atoms with Crippen LogP contribution in [0.15, 0.2) is 0 Å². The van der Waals surface area contributed by atoms with Gasteiger partial charge in [0.2, 0.25) is 0 Å². The number of aliphatic hydroxyl groups is 1. The van der Waals surface area contributed by atoms with Crippen LogP contribution >= 0.6 is 0 Å². The standard InChI is InChI=1S/C12H28N2O3/c1-4-16-8-6-14(7-9-17-5-2)10-12(3,13)11-15/h15H,4-11,13H2,1-3H3. The van der Waals surface area contributed by atoms with Crippen LogP contribution in [0.5, 0.6) is 0 Å². The van der Waals surface area contributed by atoms with Crippen molar-refractivity contribution in [2.75, 3.05) is 52.7 Å². The largest absolute Gasteiger partial charge is 0.394 e. The molecule has 17 heavy (non-hydrogen) atoms. The first-order valence-electron chi connectivity index (χ1n) is 6.33. The fourth-order valence-electron chi connectivity index (χ4n) is 1.51. The summed E-state index contributed by atoms with van der Waals surface area (Å²) in [5.41, 5.74) is 5.38.